The van der Waals surface area contributed by atoms with E-state index in [1.54, 1.807) is 6.07 Å². The predicted octanol–water partition coefficient (Wildman–Crippen LogP) is 5.30. The van der Waals surface area contributed by atoms with Gasteiger partial charge in [0.2, 0.25) is 5.91 Å². The van der Waals surface area contributed by atoms with Crippen molar-refractivity contribution in [1.82, 2.24) is 4.98 Å². The highest BCUT2D eigenvalue weighted by atomic mass is 32.1. The third-order valence-corrected chi connectivity index (χ3v) is 6.06. The van der Waals surface area contributed by atoms with Crippen molar-refractivity contribution in [3.05, 3.63) is 78.6 Å². The fraction of sp³-hybridized carbons (Fsp3) is 0.130. The summed E-state index contributed by atoms with van der Waals surface area (Å²) in [5.74, 6) is 0.846. The molecule has 1 saturated heterocycles. The lowest BCUT2D eigenvalue weighted by Gasteiger charge is -2.38. The topological polar surface area (TPSA) is 54.5 Å². The van der Waals surface area contributed by atoms with Gasteiger partial charge in [0.25, 0.3) is 0 Å². The van der Waals surface area contributed by atoms with E-state index in [0.717, 1.165) is 15.3 Å². The third kappa shape index (κ3) is 3.71. The fourth-order valence-electron chi connectivity index (χ4n) is 3.33. The molecule has 2 heterocycles. The Labute approximate surface area is 176 Å². The van der Waals surface area contributed by atoms with Gasteiger partial charge < -0.3 is 15.0 Å². The summed E-state index contributed by atoms with van der Waals surface area (Å²) in [5.41, 5.74) is 1.41. The zero-order valence-corrected chi connectivity index (χ0v) is 16.7. The van der Waals surface area contributed by atoms with Crippen LogP contribution in [0.1, 0.15) is 0 Å². The van der Waals surface area contributed by atoms with E-state index >= 15 is 0 Å². The van der Waals surface area contributed by atoms with Crippen molar-refractivity contribution in [2.24, 2.45) is 5.92 Å². The minimum Gasteiger partial charge on any atom is -0.455 e. The lowest BCUT2D eigenvalue weighted by Crippen LogP contribution is -2.52. The Kier molecular flexibility index (Phi) is 4.80. The third-order valence-electron chi connectivity index (χ3n) is 4.98. The van der Waals surface area contributed by atoms with Gasteiger partial charge in [-0.1, -0.05) is 41.7 Å². The number of nitrogens with one attached hydrogen (secondary N) is 1. The van der Waals surface area contributed by atoms with Crippen LogP contribution in [0.4, 0.5) is 15.2 Å². The number of benzene rings is 3. The number of halogens is 1. The molecule has 1 fully saturated rings. The maximum atomic E-state index is 13.4. The highest BCUT2D eigenvalue weighted by Crippen LogP contribution is 2.34. The first-order valence-corrected chi connectivity index (χ1v) is 10.4. The maximum absolute atomic E-state index is 13.4. The van der Waals surface area contributed by atoms with Gasteiger partial charge >= 0.3 is 0 Å². The van der Waals surface area contributed by atoms with Gasteiger partial charge in [0.1, 0.15) is 11.6 Å². The van der Waals surface area contributed by atoms with Crippen LogP contribution in [0.15, 0.2) is 72.8 Å². The summed E-state index contributed by atoms with van der Waals surface area (Å²) in [6.07, 6.45) is 0. The van der Waals surface area contributed by atoms with Gasteiger partial charge in [0, 0.05) is 13.1 Å². The molecule has 1 aromatic heterocycles. The molecule has 1 aliphatic heterocycles. The molecule has 7 heteroatoms. The molecule has 1 aliphatic rings. The summed E-state index contributed by atoms with van der Waals surface area (Å²) in [6, 6.07) is 21.4. The molecule has 0 bridgehead atoms. The van der Waals surface area contributed by atoms with Crippen LogP contribution in [-0.2, 0) is 4.79 Å². The summed E-state index contributed by atoms with van der Waals surface area (Å²) in [6.45, 7) is 1.16. The molecular formula is C23H18FN3O2S. The van der Waals surface area contributed by atoms with E-state index in [9.17, 15) is 9.18 Å². The second kappa shape index (κ2) is 7.76. The van der Waals surface area contributed by atoms with E-state index in [1.165, 1.54) is 23.5 Å². The number of hydrogen-bond donors (Lipinski definition) is 1. The SMILES string of the molecule is O=C(Nc1ccccc1Oc1ccccc1)C1CN(c2nc3ccc(F)cc3s2)C1. The van der Waals surface area contributed by atoms with Gasteiger partial charge in [0.15, 0.2) is 10.9 Å². The minimum absolute atomic E-state index is 0.0532. The van der Waals surface area contributed by atoms with E-state index in [0.29, 0.717) is 30.3 Å². The first-order valence-electron chi connectivity index (χ1n) is 9.59. The molecule has 0 saturated carbocycles. The monoisotopic (exact) mass is 419 g/mol. The van der Waals surface area contributed by atoms with E-state index in [-0.39, 0.29) is 17.6 Å². The number of aromatic nitrogens is 1. The molecule has 30 heavy (non-hydrogen) atoms. The van der Waals surface area contributed by atoms with Gasteiger partial charge in [-0.05, 0) is 42.5 Å². The minimum atomic E-state index is -0.269. The van der Waals surface area contributed by atoms with E-state index in [4.69, 9.17) is 4.74 Å². The number of fused-ring (bicyclic) bond motifs is 1. The van der Waals surface area contributed by atoms with Gasteiger partial charge in [-0.3, -0.25) is 4.79 Å². The normalized spacial score (nSPS) is 13.8. The number of anilines is 2. The zero-order valence-electron chi connectivity index (χ0n) is 15.9. The summed E-state index contributed by atoms with van der Waals surface area (Å²) >= 11 is 1.44. The Balaban J connectivity index is 1.24. The number of amides is 1. The lowest BCUT2D eigenvalue weighted by molar-refractivity contribution is -0.120. The van der Waals surface area contributed by atoms with Crippen molar-refractivity contribution >= 4 is 38.3 Å². The Morgan fingerprint density at radius 2 is 1.83 bits per heavy atom. The van der Waals surface area contributed by atoms with E-state index < -0.39 is 0 Å². The Bertz CT molecular complexity index is 1210. The fourth-order valence-corrected chi connectivity index (χ4v) is 4.34. The van der Waals surface area contributed by atoms with Crippen molar-refractivity contribution in [2.45, 2.75) is 0 Å². The zero-order chi connectivity index (χ0) is 20.5. The average Bonchev–Trinajstić information content (AvgIpc) is 3.11. The molecule has 0 radical (unpaired) electrons. The average molecular weight is 419 g/mol. The summed E-state index contributed by atoms with van der Waals surface area (Å²) in [5, 5.41) is 3.79. The molecule has 1 N–H and O–H groups in total. The first-order chi connectivity index (χ1) is 14.7. The molecule has 1 amide bonds. The van der Waals surface area contributed by atoms with Crippen molar-refractivity contribution in [2.75, 3.05) is 23.3 Å². The van der Waals surface area contributed by atoms with Gasteiger partial charge in [-0.2, -0.15) is 0 Å². The van der Waals surface area contributed by atoms with Crippen LogP contribution in [0.3, 0.4) is 0 Å². The Morgan fingerprint density at radius 1 is 1.07 bits per heavy atom. The van der Waals surface area contributed by atoms with Crippen LogP contribution in [0.25, 0.3) is 10.2 Å². The van der Waals surface area contributed by atoms with Crippen molar-refractivity contribution in [3.8, 4) is 11.5 Å². The highest BCUT2D eigenvalue weighted by Gasteiger charge is 2.34. The summed E-state index contributed by atoms with van der Waals surface area (Å²) in [4.78, 5) is 19.3. The number of thiazole rings is 1. The molecule has 0 aliphatic carbocycles. The van der Waals surface area contributed by atoms with Crippen molar-refractivity contribution in [3.63, 3.8) is 0 Å². The Hall–Kier alpha value is -3.45. The number of carbonyl (C=O) groups excluding carboxylic acids is 1. The molecule has 3 aromatic carbocycles. The van der Waals surface area contributed by atoms with Crippen molar-refractivity contribution in [1.29, 1.82) is 0 Å². The molecule has 150 valence electrons. The quantitative estimate of drug-likeness (QED) is 0.477. The maximum Gasteiger partial charge on any atom is 0.231 e. The molecule has 5 nitrogen and oxygen atoms in total. The number of carbonyl (C=O) groups is 1. The second-order valence-electron chi connectivity index (χ2n) is 7.11. The summed E-state index contributed by atoms with van der Waals surface area (Å²) < 4.78 is 20.1. The summed E-state index contributed by atoms with van der Waals surface area (Å²) in [7, 11) is 0. The number of rotatable bonds is 5. The van der Waals surface area contributed by atoms with E-state index in [2.05, 4.69) is 10.3 Å². The van der Waals surface area contributed by atoms with Gasteiger partial charge in [-0.15, -0.1) is 0 Å². The van der Waals surface area contributed by atoms with Crippen LogP contribution in [0.5, 0.6) is 11.5 Å². The Morgan fingerprint density at radius 3 is 2.67 bits per heavy atom. The van der Waals surface area contributed by atoms with Gasteiger partial charge in [0.05, 0.1) is 21.8 Å². The molecule has 5 rings (SSSR count). The molecule has 0 spiro atoms. The molecule has 0 atom stereocenters. The highest BCUT2D eigenvalue weighted by molar-refractivity contribution is 7.22. The molecule has 4 aromatic rings. The van der Waals surface area contributed by atoms with Crippen LogP contribution < -0.4 is 15.0 Å². The van der Waals surface area contributed by atoms with E-state index in [1.807, 2.05) is 59.5 Å². The van der Waals surface area contributed by atoms with Crippen molar-refractivity contribution < 1.29 is 13.9 Å². The first kappa shape index (κ1) is 18.6. The standard InChI is InChI=1S/C23H18FN3O2S/c24-16-10-11-19-21(12-16)30-23(26-19)27-13-15(14-27)22(28)25-18-8-4-5-9-20(18)29-17-6-2-1-3-7-17/h1-12,15H,13-14H2,(H,25,28). The van der Waals surface area contributed by atoms with Crippen LogP contribution >= 0.6 is 11.3 Å². The number of hydrogen-bond acceptors (Lipinski definition) is 5. The molecular weight excluding hydrogens is 401 g/mol. The van der Waals surface area contributed by atoms with Gasteiger partial charge in [-0.25, -0.2) is 9.37 Å². The smallest absolute Gasteiger partial charge is 0.231 e. The second-order valence-corrected chi connectivity index (χ2v) is 8.12. The lowest BCUT2D eigenvalue weighted by atomic mass is 10.00. The van der Waals surface area contributed by atoms with Crippen LogP contribution in [-0.4, -0.2) is 24.0 Å². The number of nitrogens with zero attached hydrogens (tertiary/aromatic N) is 2. The van der Waals surface area contributed by atoms with Crippen LogP contribution in [0, 0.1) is 11.7 Å². The number of ether oxygens (including phenoxy) is 1. The predicted molar refractivity (Wildman–Crippen MR) is 117 cm³/mol. The largest absolute Gasteiger partial charge is 0.455 e. The van der Waals surface area contributed by atoms with Crippen LogP contribution in [0.2, 0.25) is 0 Å². The molecule has 0 unspecified atom stereocenters. The number of para-hydroxylation sites is 3.